The number of amides is 2. The number of rotatable bonds is 4. The van der Waals surface area contributed by atoms with Crippen LogP contribution in [0.2, 0.25) is 0 Å². The van der Waals surface area contributed by atoms with Crippen molar-refractivity contribution in [3.8, 4) is 0 Å². The van der Waals surface area contributed by atoms with Crippen molar-refractivity contribution in [1.29, 1.82) is 0 Å². The second-order valence-electron chi connectivity index (χ2n) is 6.00. The molecule has 2 heterocycles. The van der Waals surface area contributed by atoms with Gasteiger partial charge in [0.2, 0.25) is 31.9 Å². The minimum absolute atomic E-state index is 0.0143. The highest BCUT2D eigenvalue weighted by molar-refractivity contribution is 7.88. The predicted octanol–water partition coefficient (Wildman–Crippen LogP) is -2.71. The zero-order valence-electron chi connectivity index (χ0n) is 13.6. The fourth-order valence-electron chi connectivity index (χ4n) is 2.83. The third kappa shape index (κ3) is 4.43. The van der Waals surface area contributed by atoms with Crippen LogP contribution in [0.1, 0.15) is 12.8 Å². The van der Waals surface area contributed by atoms with E-state index >= 15 is 0 Å². The Balaban J connectivity index is 2.19. The minimum Gasteiger partial charge on any atom is -0.354 e. The zero-order chi connectivity index (χ0) is 18.1. The summed E-state index contributed by atoms with van der Waals surface area (Å²) in [5.41, 5.74) is 0. The highest BCUT2D eigenvalue weighted by Crippen LogP contribution is 2.17. The van der Waals surface area contributed by atoms with Crippen molar-refractivity contribution in [2.24, 2.45) is 0 Å². The van der Waals surface area contributed by atoms with Crippen molar-refractivity contribution in [2.75, 3.05) is 38.7 Å². The van der Waals surface area contributed by atoms with E-state index in [-0.39, 0.29) is 25.5 Å². The van der Waals surface area contributed by atoms with Gasteiger partial charge in [-0.15, -0.1) is 0 Å². The molecule has 2 saturated heterocycles. The maximum absolute atomic E-state index is 12.5. The van der Waals surface area contributed by atoms with Gasteiger partial charge in [0.1, 0.15) is 12.1 Å². The fraction of sp³-hybridized carbons (Fsp3) is 0.833. The molecule has 2 rings (SSSR count). The number of piperidine rings is 1. The minimum atomic E-state index is -3.69. The van der Waals surface area contributed by atoms with E-state index in [0.29, 0.717) is 19.4 Å². The molecule has 0 aromatic carbocycles. The van der Waals surface area contributed by atoms with Crippen LogP contribution in [0.3, 0.4) is 0 Å². The monoisotopic (exact) mass is 382 g/mol. The van der Waals surface area contributed by atoms with Gasteiger partial charge in [0.25, 0.3) is 0 Å². The molecule has 2 fully saturated rings. The van der Waals surface area contributed by atoms with E-state index in [1.165, 1.54) is 0 Å². The number of nitrogens with zero attached hydrogens (tertiary/aromatic N) is 2. The van der Waals surface area contributed by atoms with Gasteiger partial charge >= 0.3 is 0 Å². The Hall–Kier alpha value is -1.24. The Morgan fingerprint density at radius 3 is 2.38 bits per heavy atom. The quantitative estimate of drug-likeness (QED) is 0.543. The van der Waals surface area contributed by atoms with Crippen LogP contribution in [0, 0.1) is 0 Å². The van der Waals surface area contributed by atoms with E-state index in [9.17, 15) is 26.4 Å². The number of hydrogen-bond donors (Lipinski definition) is 2. The van der Waals surface area contributed by atoms with Gasteiger partial charge in [0.15, 0.2) is 0 Å². The fourth-order valence-corrected chi connectivity index (χ4v) is 4.69. The maximum Gasteiger partial charge on any atom is 0.242 e. The number of carbonyl (C=O) groups is 2. The topological polar surface area (TPSA) is 133 Å². The molecule has 0 bridgehead atoms. The van der Waals surface area contributed by atoms with Gasteiger partial charge < -0.3 is 10.6 Å². The first-order valence-electron chi connectivity index (χ1n) is 7.50. The Kier molecular flexibility index (Phi) is 5.52. The molecule has 0 radical (unpaired) electrons. The van der Waals surface area contributed by atoms with Crippen LogP contribution in [0.4, 0.5) is 0 Å². The van der Waals surface area contributed by atoms with E-state index in [1.807, 2.05) is 0 Å². The van der Waals surface area contributed by atoms with E-state index in [0.717, 1.165) is 21.1 Å². The number of hydrogen-bond acceptors (Lipinski definition) is 6. The molecule has 2 aliphatic rings. The summed E-state index contributed by atoms with van der Waals surface area (Å²) in [6.07, 6.45) is 3.13. The molecule has 0 unspecified atom stereocenters. The van der Waals surface area contributed by atoms with Gasteiger partial charge in [-0.2, -0.15) is 8.61 Å². The molecule has 12 heteroatoms. The van der Waals surface area contributed by atoms with E-state index in [2.05, 4.69) is 10.6 Å². The Morgan fingerprint density at radius 2 is 1.83 bits per heavy atom. The summed E-state index contributed by atoms with van der Waals surface area (Å²) in [4.78, 5) is 24.3. The lowest BCUT2D eigenvalue weighted by Gasteiger charge is -2.38. The summed E-state index contributed by atoms with van der Waals surface area (Å²) < 4.78 is 49.3. The third-order valence-electron chi connectivity index (χ3n) is 4.09. The summed E-state index contributed by atoms with van der Waals surface area (Å²) in [5.74, 6) is -0.993. The lowest BCUT2D eigenvalue weighted by molar-refractivity contribution is -0.132. The molecule has 0 saturated carbocycles. The van der Waals surface area contributed by atoms with Crippen LogP contribution in [0.15, 0.2) is 0 Å². The standard InChI is InChI=1S/C12H22N4O6S2/c1-23(19,20)15-6-7-16(24(2,21)22)10(8-15)12(18)14-9-4-3-5-13-11(9)17/h9-10H,3-8H2,1-2H3,(H,13,17)(H,14,18)/t9-,10-/m0/s1. The SMILES string of the molecule is CS(=O)(=O)N1CCN(S(C)(=O)=O)[C@H](C(=O)N[C@H]2CCCNC2=O)C1. The average Bonchev–Trinajstić information content (AvgIpc) is 2.47. The van der Waals surface area contributed by atoms with Crippen LogP contribution in [-0.4, -0.2) is 88.0 Å². The van der Waals surface area contributed by atoms with Crippen LogP contribution in [0.25, 0.3) is 0 Å². The number of nitrogens with one attached hydrogen (secondary N) is 2. The molecule has 0 aromatic rings. The largest absolute Gasteiger partial charge is 0.354 e. The molecular formula is C12H22N4O6S2. The molecule has 2 N–H and O–H groups in total. The van der Waals surface area contributed by atoms with Gasteiger partial charge in [0, 0.05) is 26.2 Å². The van der Waals surface area contributed by atoms with Crippen molar-refractivity contribution in [3.05, 3.63) is 0 Å². The molecule has 10 nitrogen and oxygen atoms in total. The van der Waals surface area contributed by atoms with Crippen LogP contribution in [0.5, 0.6) is 0 Å². The lowest BCUT2D eigenvalue weighted by Crippen LogP contribution is -2.63. The lowest BCUT2D eigenvalue weighted by atomic mass is 10.1. The molecule has 138 valence electrons. The highest BCUT2D eigenvalue weighted by Gasteiger charge is 2.41. The van der Waals surface area contributed by atoms with Crippen molar-refractivity contribution in [1.82, 2.24) is 19.2 Å². The van der Waals surface area contributed by atoms with Crippen LogP contribution >= 0.6 is 0 Å². The van der Waals surface area contributed by atoms with Crippen molar-refractivity contribution >= 4 is 31.9 Å². The van der Waals surface area contributed by atoms with Gasteiger partial charge in [-0.1, -0.05) is 0 Å². The molecule has 0 aromatic heterocycles. The normalized spacial score (nSPS) is 27.5. The third-order valence-corrected chi connectivity index (χ3v) is 6.65. The first-order valence-corrected chi connectivity index (χ1v) is 11.2. The average molecular weight is 382 g/mol. The van der Waals surface area contributed by atoms with Crippen LogP contribution in [-0.2, 0) is 29.6 Å². The van der Waals surface area contributed by atoms with Crippen LogP contribution < -0.4 is 10.6 Å². The summed E-state index contributed by atoms with van der Waals surface area (Å²) in [5, 5.41) is 5.16. The molecule has 0 spiro atoms. The zero-order valence-corrected chi connectivity index (χ0v) is 15.2. The maximum atomic E-state index is 12.5. The molecule has 24 heavy (non-hydrogen) atoms. The Bertz CT molecular complexity index is 720. The number of piperazine rings is 1. The number of carbonyl (C=O) groups excluding carboxylic acids is 2. The van der Waals surface area contributed by atoms with Crippen molar-refractivity contribution in [3.63, 3.8) is 0 Å². The van der Waals surface area contributed by atoms with Crippen molar-refractivity contribution in [2.45, 2.75) is 24.9 Å². The summed E-state index contributed by atoms with van der Waals surface area (Å²) in [6, 6.07) is -1.93. The predicted molar refractivity (Wildman–Crippen MR) is 85.9 cm³/mol. The summed E-state index contributed by atoms with van der Waals surface area (Å²) in [7, 11) is -7.25. The Labute approximate surface area is 141 Å². The van der Waals surface area contributed by atoms with Gasteiger partial charge in [-0.3, -0.25) is 9.59 Å². The molecule has 0 aliphatic carbocycles. The Morgan fingerprint density at radius 1 is 1.17 bits per heavy atom. The van der Waals surface area contributed by atoms with E-state index in [4.69, 9.17) is 0 Å². The van der Waals surface area contributed by atoms with E-state index in [1.54, 1.807) is 0 Å². The van der Waals surface area contributed by atoms with Gasteiger partial charge in [-0.05, 0) is 12.8 Å². The molecule has 2 amide bonds. The van der Waals surface area contributed by atoms with Gasteiger partial charge in [-0.25, -0.2) is 16.8 Å². The number of sulfonamides is 2. The van der Waals surface area contributed by atoms with Gasteiger partial charge in [0.05, 0.1) is 12.5 Å². The molecule has 2 aliphatic heterocycles. The second-order valence-corrected chi connectivity index (χ2v) is 9.92. The van der Waals surface area contributed by atoms with Crippen molar-refractivity contribution < 1.29 is 26.4 Å². The second kappa shape index (κ2) is 6.94. The first kappa shape index (κ1) is 19.1. The molecule has 2 atom stereocenters. The smallest absolute Gasteiger partial charge is 0.242 e. The first-order chi connectivity index (χ1) is 11.0. The highest BCUT2D eigenvalue weighted by atomic mass is 32.2. The summed E-state index contributed by atoms with van der Waals surface area (Å²) >= 11 is 0. The van der Waals surface area contributed by atoms with E-state index < -0.39 is 38.0 Å². The summed E-state index contributed by atoms with van der Waals surface area (Å²) in [6.45, 7) is 0.137. The molecular weight excluding hydrogens is 360 g/mol.